The van der Waals surface area contributed by atoms with Gasteiger partial charge in [-0.3, -0.25) is 9.69 Å². The fraction of sp³-hybridized carbons (Fsp3) is 0.588. The molecule has 7 heteroatoms. The third-order valence-corrected chi connectivity index (χ3v) is 6.30. The van der Waals surface area contributed by atoms with Crippen LogP contribution in [0.3, 0.4) is 0 Å². The molecule has 0 aromatic heterocycles. The minimum atomic E-state index is -3.57. The number of rotatable bonds is 6. The summed E-state index contributed by atoms with van der Waals surface area (Å²) in [6, 6.07) is 5.01. The standard InChI is InChI=1S/C17H25N3O3S/c1-12(2)16(20-7-3-4-8-20)11-18-24(22,23)14-5-6-15-13(9-14)10-17(21)19-15/h5-6,9,12,16,18H,3-4,7-8,10-11H2,1-2H3,(H,19,21). The van der Waals surface area contributed by atoms with E-state index in [1.54, 1.807) is 18.2 Å². The van der Waals surface area contributed by atoms with E-state index in [1.807, 2.05) is 0 Å². The van der Waals surface area contributed by atoms with Gasteiger partial charge < -0.3 is 5.32 Å². The molecule has 0 aliphatic carbocycles. The summed E-state index contributed by atoms with van der Waals surface area (Å²) in [5.41, 5.74) is 1.44. The minimum Gasteiger partial charge on any atom is -0.326 e. The first-order valence-corrected chi connectivity index (χ1v) is 10.0. The van der Waals surface area contributed by atoms with Crippen molar-refractivity contribution in [1.29, 1.82) is 0 Å². The predicted molar refractivity (Wildman–Crippen MR) is 93.4 cm³/mol. The number of hydrogen-bond acceptors (Lipinski definition) is 4. The predicted octanol–water partition coefficient (Wildman–Crippen LogP) is 1.58. The highest BCUT2D eigenvalue weighted by Gasteiger charge is 2.27. The van der Waals surface area contributed by atoms with Crippen molar-refractivity contribution in [3.05, 3.63) is 23.8 Å². The van der Waals surface area contributed by atoms with Gasteiger partial charge in [-0.1, -0.05) is 13.8 Å². The van der Waals surface area contributed by atoms with Crippen molar-refractivity contribution in [3.63, 3.8) is 0 Å². The summed E-state index contributed by atoms with van der Waals surface area (Å²) in [6.45, 7) is 6.75. The molecule has 6 nitrogen and oxygen atoms in total. The van der Waals surface area contributed by atoms with Gasteiger partial charge in [0.05, 0.1) is 11.3 Å². The lowest BCUT2D eigenvalue weighted by Gasteiger charge is -2.30. The normalized spacial score (nSPS) is 19.5. The molecule has 1 aromatic rings. The Bertz CT molecular complexity index is 725. The van der Waals surface area contributed by atoms with Gasteiger partial charge in [-0.05, 0) is 55.6 Å². The molecule has 1 unspecified atom stereocenters. The quantitative estimate of drug-likeness (QED) is 0.816. The first kappa shape index (κ1) is 17.4. The molecule has 0 radical (unpaired) electrons. The smallest absolute Gasteiger partial charge is 0.240 e. The Labute approximate surface area is 143 Å². The lowest BCUT2D eigenvalue weighted by Crippen LogP contribution is -2.45. The zero-order chi connectivity index (χ0) is 17.3. The van der Waals surface area contributed by atoms with Crippen LogP contribution in [0.15, 0.2) is 23.1 Å². The summed E-state index contributed by atoms with van der Waals surface area (Å²) in [5.74, 6) is 0.286. The van der Waals surface area contributed by atoms with E-state index in [-0.39, 0.29) is 23.3 Å². The van der Waals surface area contributed by atoms with Gasteiger partial charge in [-0.15, -0.1) is 0 Å². The Morgan fingerprint density at radius 1 is 1.25 bits per heavy atom. The molecule has 1 fully saturated rings. The van der Waals surface area contributed by atoms with Gasteiger partial charge in [0.1, 0.15) is 0 Å². The monoisotopic (exact) mass is 351 g/mol. The van der Waals surface area contributed by atoms with Crippen LogP contribution in [0.2, 0.25) is 0 Å². The van der Waals surface area contributed by atoms with E-state index < -0.39 is 10.0 Å². The molecule has 2 aliphatic rings. The van der Waals surface area contributed by atoms with Crippen LogP contribution in [0, 0.1) is 5.92 Å². The van der Waals surface area contributed by atoms with Crippen LogP contribution in [0.1, 0.15) is 32.3 Å². The van der Waals surface area contributed by atoms with E-state index in [9.17, 15) is 13.2 Å². The SMILES string of the molecule is CC(C)C(CNS(=O)(=O)c1ccc2c(c1)CC(=O)N2)N1CCCC1. The maximum atomic E-state index is 12.6. The van der Waals surface area contributed by atoms with Crippen molar-refractivity contribution in [1.82, 2.24) is 9.62 Å². The lowest BCUT2D eigenvalue weighted by atomic mass is 10.0. The number of hydrogen-bond donors (Lipinski definition) is 2. The third-order valence-electron chi connectivity index (χ3n) is 4.87. The fourth-order valence-corrected chi connectivity index (χ4v) is 4.61. The summed E-state index contributed by atoms with van der Waals surface area (Å²) in [6.07, 6.45) is 2.60. The van der Waals surface area contributed by atoms with Crippen molar-refractivity contribution in [2.45, 2.75) is 44.0 Å². The third kappa shape index (κ3) is 3.63. The number of sulfonamides is 1. The Kier molecular flexibility index (Phi) is 4.94. The van der Waals surface area contributed by atoms with Crippen molar-refractivity contribution in [2.75, 3.05) is 25.0 Å². The number of benzene rings is 1. The molecule has 0 bridgehead atoms. The number of amides is 1. The van der Waals surface area contributed by atoms with Crippen LogP contribution < -0.4 is 10.0 Å². The van der Waals surface area contributed by atoms with E-state index in [0.717, 1.165) is 18.7 Å². The van der Waals surface area contributed by atoms with E-state index in [0.29, 0.717) is 18.2 Å². The van der Waals surface area contributed by atoms with Crippen LogP contribution in [0.5, 0.6) is 0 Å². The van der Waals surface area contributed by atoms with E-state index in [2.05, 4.69) is 28.8 Å². The average Bonchev–Trinajstić information content (AvgIpc) is 3.14. The molecule has 2 N–H and O–H groups in total. The van der Waals surface area contributed by atoms with Gasteiger partial charge in [0, 0.05) is 18.3 Å². The number of nitrogens with zero attached hydrogens (tertiary/aromatic N) is 1. The van der Waals surface area contributed by atoms with Crippen molar-refractivity contribution in [3.8, 4) is 0 Å². The molecule has 1 amide bonds. The maximum absolute atomic E-state index is 12.6. The second-order valence-electron chi connectivity index (χ2n) is 6.95. The number of fused-ring (bicyclic) bond motifs is 1. The number of carbonyl (C=O) groups is 1. The fourth-order valence-electron chi connectivity index (χ4n) is 3.51. The second kappa shape index (κ2) is 6.82. The van der Waals surface area contributed by atoms with Gasteiger partial charge in [0.2, 0.25) is 15.9 Å². The number of carbonyl (C=O) groups excluding carboxylic acids is 1. The van der Waals surface area contributed by atoms with E-state index >= 15 is 0 Å². The van der Waals surface area contributed by atoms with Crippen molar-refractivity contribution >= 4 is 21.6 Å². The molecular formula is C17H25N3O3S. The number of nitrogens with one attached hydrogen (secondary N) is 2. The van der Waals surface area contributed by atoms with E-state index in [4.69, 9.17) is 0 Å². The molecule has 0 spiro atoms. The lowest BCUT2D eigenvalue weighted by molar-refractivity contribution is -0.115. The highest BCUT2D eigenvalue weighted by atomic mass is 32.2. The molecule has 1 aromatic carbocycles. The molecule has 1 saturated heterocycles. The Balaban J connectivity index is 1.71. The molecule has 132 valence electrons. The van der Waals surface area contributed by atoms with Gasteiger partial charge in [0.15, 0.2) is 0 Å². The summed E-state index contributed by atoms with van der Waals surface area (Å²) in [4.78, 5) is 14.0. The van der Waals surface area contributed by atoms with Crippen molar-refractivity contribution < 1.29 is 13.2 Å². The molecule has 2 heterocycles. The molecular weight excluding hydrogens is 326 g/mol. The number of anilines is 1. The molecule has 3 rings (SSSR count). The van der Waals surface area contributed by atoms with Gasteiger partial charge in [-0.25, -0.2) is 13.1 Å². The summed E-state index contributed by atoms with van der Waals surface area (Å²) >= 11 is 0. The highest BCUT2D eigenvalue weighted by Crippen LogP contribution is 2.26. The molecule has 2 aliphatic heterocycles. The first-order valence-electron chi connectivity index (χ1n) is 8.53. The van der Waals surface area contributed by atoms with Crippen LogP contribution in [0.4, 0.5) is 5.69 Å². The van der Waals surface area contributed by atoms with Gasteiger partial charge in [0.25, 0.3) is 0 Å². The minimum absolute atomic E-state index is 0.0959. The van der Waals surface area contributed by atoms with Gasteiger partial charge >= 0.3 is 0 Å². The second-order valence-corrected chi connectivity index (χ2v) is 8.72. The van der Waals surface area contributed by atoms with Gasteiger partial charge in [-0.2, -0.15) is 0 Å². The molecule has 0 saturated carbocycles. The Hall–Kier alpha value is -1.44. The number of likely N-dealkylation sites (tertiary alicyclic amines) is 1. The topological polar surface area (TPSA) is 78.5 Å². The first-order chi connectivity index (χ1) is 11.4. The highest BCUT2D eigenvalue weighted by molar-refractivity contribution is 7.89. The summed E-state index contributed by atoms with van der Waals surface area (Å²) in [5, 5.41) is 2.72. The molecule has 24 heavy (non-hydrogen) atoms. The van der Waals surface area contributed by atoms with Crippen LogP contribution >= 0.6 is 0 Å². The average molecular weight is 351 g/mol. The summed E-state index contributed by atoms with van der Waals surface area (Å²) in [7, 11) is -3.57. The van der Waals surface area contributed by atoms with Crippen molar-refractivity contribution in [2.24, 2.45) is 5.92 Å². The zero-order valence-electron chi connectivity index (χ0n) is 14.2. The Morgan fingerprint density at radius 3 is 2.62 bits per heavy atom. The maximum Gasteiger partial charge on any atom is 0.240 e. The summed E-state index contributed by atoms with van der Waals surface area (Å²) < 4.78 is 28.0. The van der Waals surface area contributed by atoms with Crippen LogP contribution in [0.25, 0.3) is 0 Å². The zero-order valence-corrected chi connectivity index (χ0v) is 15.0. The Morgan fingerprint density at radius 2 is 1.96 bits per heavy atom. The van der Waals surface area contributed by atoms with Crippen LogP contribution in [-0.4, -0.2) is 44.9 Å². The molecule has 1 atom stereocenters. The van der Waals surface area contributed by atoms with Crippen LogP contribution in [-0.2, 0) is 21.2 Å². The van der Waals surface area contributed by atoms with E-state index in [1.165, 1.54) is 12.8 Å². The largest absolute Gasteiger partial charge is 0.326 e.